The number of hydrogen-bond acceptors (Lipinski definition) is 3. The number of nitrogens with zero attached hydrogens (tertiary/aromatic N) is 1. The third-order valence-corrected chi connectivity index (χ3v) is 10.1. The zero-order valence-electron chi connectivity index (χ0n) is 27.0. The van der Waals surface area contributed by atoms with Gasteiger partial charge in [-0.3, -0.25) is 5.32 Å². The molecule has 1 heterocycles. The Balaban J connectivity index is 1.27. The minimum absolute atomic E-state index is 0.186. The molecule has 0 aromatic heterocycles. The quantitative estimate of drug-likeness (QED) is 0.192. The number of amidine groups is 1. The summed E-state index contributed by atoms with van der Waals surface area (Å²) in [4.78, 5) is 5.44. The van der Waals surface area contributed by atoms with Gasteiger partial charge in [-0.05, 0) is 55.6 Å². The Morgan fingerprint density at radius 3 is 1.61 bits per heavy atom. The topological polar surface area (TPSA) is 36.4 Å². The summed E-state index contributed by atoms with van der Waals surface area (Å²) in [5.41, 5.74) is 12.9. The smallest absolute Gasteiger partial charge is 0.131 e. The van der Waals surface area contributed by atoms with Crippen molar-refractivity contribution >= 4 is 5.84 Å². The first-order valence-corrected chi connectivity index (χ1v) is 17.0. The molecule has 3 nitrogen and oxygen atoms in total. The van der Waals surface area contributed by atoms with Crippen molar-refractivity contribution in [3.05, 3.63) is 227 Å². The van der Waals surface area contributed by atoms with Crippen LogP contribution in [0, 0.1) is 0 Å². The molecule has 0 amide bonds. The fraction of sp³-hybridized carbons (Fsp3) is 0.0652. The summed E-state index contributed by atoms with van der Waals surface area (Å²) in [6, 6.07) is 67.5. The van der Waals surface area contributed by atoms with Gasteiger partial charge in [-0.1, -0.05) is 188 Å². The van der Waals surface area contributed by atoms with Crippen molar-refractivity contribution < 1.29 is 0 Å². The minimum atomic E-state index is -0.470. The van der Waals surface area contributed by atoms with Gasteiger partial charge in [-0.25, -0.2) is 4.99 Å². The number of hydrogen-bond donors (Lipinski definition) is 2. The van der Waals surface area contributed by atoms with Crippen molar-refractivity contribution in [2.45, 2.75) is 17.7 Å². The molecule has 49 heavy (non-hydrogen) atoms. The van der Waals surface area contributed by atoms with E-state index in [0.717, 1.165) is 17.0 Å². The number of fused-ring (bicyclic) bond motifs is 3. The first-order chi connectivity index (χ1) is 24.3. The zero-order valence-corrected chi connectivity index (χ0v) is 27.0. The molecular weight excluding hydrogens is 595 g/mol. The summed E-state index contributed by atoms with van der Waals surface area (Å²) >= 11 is 0. The Morgan fingerprint density at radius 1 is 0.429 bits per heavy atom. The van der Waals surface area contributed by atoms with Crippen molar-refractivity contribution in [3.8, 4) is 22.3 Å². The molecule has 2 atom stereocenters. The van der Waals surface area contributed by atoms with Crippen molar-refractivity contribution in [3.63, 3.8) is 0 Å². The van der Waals surface area contributed by atoms with Crippen molar-refractivity contribution in [2.24, 2.45) is 4.99 Å². The largest absolute Gasteiger partial charge is 0.350 e. The van der Waals surface area contributed by atoms with E-state index in [1.165, 1.54) is 50.1 Å². The molecule has 234 valence electrons. The Hall–Kier alpha value is -6.03. The lowest BCUT2D eigenvalue weighted by atomic mass is 9.67. The average Bonchev–Trinajstić information content (AvgIpc) is 3.50. The zero-order chi connectivity index (χ0) is 32.6. The predicted molar refractivity (Wildman–Crippen MR) is 200 cm³/mol. The maximum atomic E-state index is 5.44. The molecule has 0 fully saturated rings. The molecule has 9 rings (SSSR count). The van der Waals surface area contributed by atoms with Gasteiger partial charge in [0.05, 0.1) is 5.41 Å². The second-order valence-corrected chi connectivity index (χ2v) is 12.7. The molecule has 2 N–H and O–H groups in total. The molecule has 2 unspecified atom stereocenters. The van der Waals surface area contributed by atoms with E-state index >= 15 is 0 Å². The number of nitrogens with one attached hydrogen (secondary N) is 2. The second-order valence-electron chi connectivity index (χ2n) is 12.7. The molecule has 0 radical (unpaired) electrons. The average molecular weight is 630 g/mol. The molecule has 1 aliphatic carbocycles. The van der Waals surface area contributed by atoms with Gasteiger partial charge in [-0.2, -0.15) is 0 Å². The van der Waals surface area contributed by atoms with Crippen molar-refractivity contribution in [1.82, 2.24) is 10.6 Å². The van der Waals surface area contributed by atoms with Crippen molar-refractivity contribution in [1.29, 1.82) is 0 Å². The highest BCUT2D eigenvalue weighted by atomic mass is 15.3. The van der Waals surface area contributed by atoms with Crippen LogP contribution in [0.3, 0.4) is 0 Å². The van der Waals surface area contributed by atoms with Crippen LogP contribution >= 0.6 is 0 Å². The van der Waals surface area contributed by atoms with Crippen LogP contribution in [0.4, 0.5) is 0 Å². The van der Waals surface area contributed by atoms with E-state index in [1.54, 1.807) is 0 Å². The third-order valence-electron chi connectivity index (χ3n) is 10.1. The van der Waals surface area contributed by atoms with E-state index in [2.05, 4.69) is 199 Å². The van der Waals surface area contributed by atoms with Gasteiger partial charge in [0.15, 0.2) is 0 Å². The molecular formula is C46H35N3. The van der Waals surface area contributed by atoms with Crippen LogP contribution < -0.4 is 10.6 Å². The second kappa shape index (κ2) is 12.2. The van der Waals surface area contributed by atoms with E-state index in [4.69, 9.17) is 4.99 Å². The van der Waals surface area contributed by atoms with Crippen LogP contribution in [0.1, 0.15) is 51.3 Å². The molecule has 3 heteroatoms. The maximum Gasteiger partial charge on any atom is 0.131 e. The van der Waals surface area contributed by atoms with Gasteiger partial charge >= 0.3 is 0 Å². The molecule has 0 spiro atoms. The van der Waals surface area contributed by atoms with E-state index in [1.807, 2.05) is 0 Å². The van der Waals surface area contributed by atoms with Crippen LogP contribution in [0.5, 0.6) is 0 Å². The summed E-state index contributed by atoms with van der Waals surface area (Å²) < 4.78 is 0. The fourth-order valence-corrected chi connectivity index (χ4v) is 8.00. The molecule has 0 bridgehead atoms. The summed E-state index contributed by atoms with van der Waals surface area (Å²) in [7, 11) is 0. The maximum absolute atomic E-state index is 5.44. The Kier molecular flexibility index (Phi) is 7.26. The molecule has 7 aromatic carbocycles. The highest BCUT2D eigenvalue weighted by Gasteiger charge is 2.47. The standard InChI is InChI=1S/C46H35N3/c1-5-18-32(19-6-1)36-26-13-14-27-37(36)44-47-43(33-20-7-2-8-21-33)48-45(49-44)39-29-17-31-41-42(39)38-28-15-16-30-40(38)46(41,34-22-9-3-10-23-34)35-24-11-4-12-25-35/h1-31,44-45,49H,(H,47,48). The number of aliphatic imine (C=N–C) groups is 1. The highest BCUT2D eigenvalue weighted by molar-refractivity contribution is 6.00. The summed E-state index contributed by atoms with van der Waals surface area (Å²) in [5, 5.41) is 7.75. The lowest BCUT2D eigenvalue weighted by Crippen LogP contribution is -2.45. The number of benzene rings is 7. The van der Waals surface area contributed by atoms with E-state index in [-0.39, 0.29) is 12.3 Å². The van der Waals surface area contributed by atoms with Gasteiger partial charge in [0.25, 0.3) is 0 Å². The van der Waals surface area contributed by atoms with Crippen molar-refractivity contribution in [2.75, 3.05) is 0 Å². The minimum Gasteiger partial charge on any atom is -0.350 e. The molecule has 7 aromatic rings. The van der Waals surface area contributed by atoms with Gasteiger partial charge in [-0.15, -0.1) is 0 Å². The molecule has 0 saturated carbocycles. The predicted octanol–water partition coefficient (Wildman–Crippen LogP) is 10.1. The lowest BCUT2D eigenvalue weighted by molar-refractivity contribution is 0.410. The van der Waals surface area contributed by atoms with Crippen LogP contribution in [-0.4, -0.2) is 5.84 Å². The van der Waals surface area contributed by atoms with E-state index in [9.17, 15) is 0 Å². The lowest BCUT2D eigenvalue weighted by Gasteiger charge is -2.35. The monoisotopic (exact) mass is 629 g/mol. The van der Waals surface area contributed by atoms with Crippen LogP contribution in [-0.2, 0) is 5.41 Å². The molecule has 2 aliphatic rings. The summed E-state index contributed by atoms with van der Waals surface area (Å²) in [6.07, 6.45) is -0.495. The summed E-state index contributed by atoms with van der Waals surface area (Å²) in [6.45, 7) is 0. The third kappa shape index (κ3) is 4.82. The first-order valence-electron chi connectivity index (χ1n) is 17.0. The molecule has 1 aliphatic heterocycles. The van der Waals surface area contributed by atoms with E-state index < -0.39 is 5.41 Å². The SMILES string of the molecule is c1ccc(C2=NC(c3cccc4c3-c3ccccc3C4(c3ccccc3)c3ccccc3)NC(c3ccccc3-c3ccccc3)N2)cc1. The summed E-state index contributed by atoms with van der Waals surface area (Å²) in [5.74, 6) is 0.874. The Labute approximate surface area is 287 Å². The first kappa shape index (κ1) is 29.1. The Morgan fingerprint density at radius 2 is 0.939 bits per heavy atom. The van der Waals surface area contributed by atoms with Gasteiger partial charge < -0.3 is 5.32 Å². The van der Waals surface area contributed by atoms with Crippen LogP contribution in [0.2, 0.25) is 0 Å². The fourth-order valence-electron chi connectivity index (χ4n) is 8.00. The Bertz CT molecular complexity index is 2240. The highest BCUT2D eigenvalue weighted by Crippen LogP contribution is 2.57. The van der Waals surface area contributed by atoms with Gasteiger partial charge in [0, 0.05) is 5.56 Å². The van der Waals surface area contributed by atoms with Gasteiger partial charge in [0.1, 0.15) is 18.2 Å². The number of rotatable bonds is 6. The molecule has 0 saturated heterocycles. The van der Waals surface area contributed by atoms with Crippen LogP contribution in [0.15, 0.2) is 193 Å². The van der Waals surface area contributed by atoms with E-state index in [0.29, 0.717) is 0 Å². The van der Waals surface area contributed by atoms with Gasteiger partial charge in [0.2, 0.25) is 0 Å². The normalized spacial score (nSPS) is 17.3. The van der Waals surface area contributed by atoms with Crippen LogP contribution in [0.25, 0.3) is 22.3 Å².